The van der Waals surface area contributed by atoms with E-state index in [4.69, 9.17) is 0 Å². The molecule has 2 N–H and O–H groups in total. The highest BCUT2D eigenvalue weighted by Crippen LogP contribution is 2.22. The van der Waals surface area contributed by atoms with E-state index in [1.165, 1.54) is 17.7 Å². The third-order valence-electron chi connectivity index (χ3n) is 4.85. The number of carbonyl (C=O) groups excluding carboxylic acids is 1. The van der Waals surface area contributed by atoms with Crippen molar-refractivity contribution in [1.82, 2.24) is 0 Å². The fourth-order valence-electron chi connectivity index (χ4n) is 3.00. The number of nitrogens with one attached hydrogen (secondary N) is 2. The van der Waals surface area contributed by atoms with Crippen LogP contribution in [-0.4, -0.2) is 14.3 Å². The average molecular weight is 423 g/mol. The summed E-state index contributed by atoms with van der Waals surface area (Å²) >= 11 is 0. The lowest BCUT2D eigenvalue weighted by Crippen LogP contribution is -2.15. The summed E-state index contributed by atoms with van der Waals surface area (Å²) in [6.07, 6.45) is 1.01. The van der Waals surface area contributed by atoms with Gasteiger partial charge in [0.05, 0.1) is 10.6 Å². The number of carbonyl (C=O) groups is 1. The Morgan fingerprint density at radius 1 is 0.833 bits per heavy atom. The first-order chi connectivity index (χ1) is 14.2. The number of aryl methyl sites for hydroxylation is 4. The molecule has 0 unspecified atom stereocenters. The minimum Gasteiger partial charge on any atom is -0.326 e. The van der Waals surface area contributed by atoms with Gasteiger partial charge in [0.15, 0.2) is 0 Å². The van der Waals surface area contributed by atoms with Gasteiger partial charge in [0, 0.05) is 12.1 Å². The molecule has 0 fully saturated rings. The average Bonchev–Trinajstić information content (AvgIpc) is 2.70. The van der Waals surface area contributed by atoms with Gasteiger partial charge in [0.2, 0.25) is 5.91 Å². The van der Waals surface area contributed by atoms with Crippen molar-refractivity contribution in [2.24, 2.45) is 0 Å². The molecule has 6 heteroatoms. The second kappa shape index (κ2) is 9.13. The quantitative estimate of drug-likeness (QED) is 0.564. The van der Waals surface area contributed by atoms with Crippen molar-refractivity contribution in [1.29, 1.82) is 0 Å². The van der Waals surface area contributed by atoms with E-state index >= 15 is 0 Å². The Kier molecular flexibility index (Phi) is 6.57. The molecule has 0 heterocycles. The number of rotatable bonds is 7. The van der Waals surface area contributed by atoms with Crippen LogP contribution in [0, 0.1) is 20.8 Å². The third kappa shape index (κ3) is 5.70. The molecule has 0 aromatic heterocycles. The summed E-state index contributed by atoms with van der Waals surface area (Å²) in [5, 5.41) is 2.81. The summed E-state index contributed by atoms with van der Waals surface area (Å²) < 4.78 is 28.0. The van der Waals surface area contributed by atoms with E-state index in [-0.39, 0.29) is 10.8 Å². The summed E-state index contributed by atoms with van der Waals surface area (Å²) in [6.45, 7) is 5.79. The van der Waals surface area contributed by atoms with Gasteiger partial charge >= 0.3 is 0 Å². The molecule has 0 bridgehead atoms. The molecule has 30 heavy (non-hydrogen) atoms. The van der Waals surface area contributed by atoms with Gasteiger partial charge in [-0.2, -0.15) is 0 Å². The van der Waals surface area contributed by atoms with E-state index in [1.807, 2.05) is 57.2 Å². The van der Waals surface area contributed by atoms with Crippen LogP contribution in [-0.2, 0) is 21.2 Å². The van der Waals surface area contributed by atoms with Gasteiger partial charge in [-0.3, -0.25) is 9.52 Å². The molecule has 0 spiro atoms. The number of benzene rings is 3. The summed E-state index contributed by atoms with van der Waals surface area (Å²) in [6, 6.07) is 19.9. The Bertz CT molecular complexity index is 1140. The molecule has 0 aliphatic heterocycles. The lowest BCUT2D eigenvalue weighted by molar-refractivity contribution is -0.116. The Morgan fingerprint density at radius 2 is 1.47 bits per heavy atom. The Morgan fingerprint density at radius 3 is 2.13 bits per heavy atom. The highest BCUT2D eigenvalue weighted by atomic mass is 32.2. The molecule has 0 saturated carbocycles. The molecule has 3 aromatic rings. The number of hydrogen-bond acceptors (Lipinski definition) is 3. The zero-order chi connectivity index (χ0) is 21.7. The van der Waals surface area contributed by atoms with Crippen molar-refractivity contribution in [3.05, 3.63) is 89.0 Å². The molecule has 0 atom stereocenters. The lowest BCUT2D eigenvalue weighted by atomic mass is 10.1. The van der Waals surface area contributed by atoms with Gasteiger partial charge in [-0.25, -0.2) is 8.42 Å². The topological polar surface area (TPSA) is 75.3 Å². The molecule has 3 aromatic carbocycles. The predicted molar refractivity (Wildman–Crippen MR) is 121 cm³/mol. The highest BCUT2D eigenvalue weighted by Gasteiger charge is 2.15. The van der Waals surface area contributed by atoms with Crippen molar-refractivity contribution in [2.75, 3.05) is 10.0 Å². The largest absolute Gasteiger partial charge is 0.326 e. The maximum Gasteiger partial charge on any atom is 0.261 e. The summed E-state index contributed by atoms with van der Waals surface area (Å²) in [4.78, 5) is 12.3. The van der Waals surface area contributed by atoms with Crippen LogP contribution in [0.3, 0.4) is 0 Å². The van der Waals surface area contributed by atoms with E-state index in [9.17, 15) is 13.2 Å². The van der Waals surface area contributed by atoms with Crippen molar-refractivity contribution in [3.63, 3.8) is 0 Å². The van der Waals surface area contributed by atoms with Crippen LogP contribution in [0.2, 0.25) is 0 Å². The SMILES string of the molecule is Cc1ccc(CCC(=O)Nc2ccc(S(=O)(=O)Nc3cc(C)ccc3C)cc2)cc1. The normalized spacial score (nSPS) is 11.2. The molecule has 156 valence electrons. The zero-order valence-electron chi connectivity index (χ0n) is 17.4. The van der Waals surface area contributed by atoms with Crippen LogP contribution in [0.4, 0.5) is 11.4 Å². The van der Waals surface area contributed by atoms with Crippen molar-refractivity contribution >= 4 is 27.3 Å². The second-order valence-electron chi connectivity index (χ2n) is 7.48. The lowest BCUT2D eigenvalue weighted by Gasteiger charge is -2.12. The second-order valence-corrected chi connectivity index (χ2v) is 9.16. The van der Waals surface area contributed by atoms with Gasteiger partial charge in [0.25, 0.3) is 10.0 Å². The number of hydrogen-bond donors (Lipinski definition) is 2. The Balaban J connectivity index is 1.61. The van der Waals surface area contributed by atoms with Crippen LogP contribution < -0.4 is 10.0 Å². The van der Waals surface area contributed by atoms with E-state index < -0.39 is 10.0 Å². The maximum atomic E-state index is 12.7. The summed E-state index contributed by atoms with van der Waals surface area (Å²) in [7, 11) is -3.71. The number of anilines is 2. The third-order valence-corrected chi connectivity index (χ3v) is 6.23. The Hall–Kier alpha value is -3.12. The first-order valence-electron chi connectivity index (χ1n) is 9.78. The van der Waals surface area contributed by atoms with Gasteiger partial charge in [-0.15, -0.1) is 0 Å². The first-order valence-corrected chi connectivity index (χ1v) is 11.3. The number of sulfonamides is 1. The molecule has 0 radical (unpaired) electrons. The van der Waals surface area contributed by atoms with E-state index in [2.05, 4.69) is 10.0 Å². The molecular weight excluding hydrogens is 396 g/mol. The smallest absolute Gasteiger partial charge is 0.261 e. The molecule has 0 saturated heterocycles. The van der Waals surface area contributed by atoms with Gasteiger partial charge in [-0.05, 0) is 74.2 Å². The Labute approximate surface area is 178 Å². The first kappa shape index (κ1) is 21.6. The molecule has 0 aliphatic carbocycles. The van der Waals surface area contributed by atoms with Crippen molar-refractivity contribution in [3.8, 4) is 0 Å². The molecule has 5 nitrogen and oxygen atoms in total. The summed E-state index contributed by atoms with van der Waals surface area (Å²) in [5.41, 5.74) is 5.24. The van der Waals surface area contributed by atoms with Gasteiger partial charge in [0.1, 0.15) is 0 Å². The number of amides is 1. The van der Waals surface area contributed by atoms with E-state index in [0.717, 1.165) is 16.7 Å². The van der Waals surface area contributed by atoms with Crippen LogP contribution in [0.25, 0.3) is 0 Å². The molecule has 0 aliphatic rings. The van der Waals surface area contributed by atoms with E-state index in [0.29, 0.717) is 24.2 Å². The van der Waals surface area contributed by atoms with Crippen LogP contribution in [0.1, 0.15) is 28.7 Å². The predicted octanol–water partition coefficient (Wildman–Crippen LogP) is 4.98. The fourth-order valence-corrected chi connectivity index (χ4v) is 4.12. The van der Waals surface area contributed by atoms with Gasteiger partial charge in [-0.1, -0.05) is 42.0 Å². The van der Waals surface area contributed by atoms with E-state index in [1.54, 1.807) is 18.2 Å². The molecule has 1 amide bonds. The standard InChI is InChI=1S/C24H26N2O3S/c1-17-5-8-20(9-6-17)10-15-24(27)25-21-11-13-22(14-12-21)30(28,29)26-23-16-18(2)4-7-19(23)3/h4-9,11-14,16,26H,10,15H2,1-3H3,(H,25,27). The minimum absolute atomic E-state index is 0.111. The van der Waals surface area contributed by atoms with Crippen LogP contribution in [0.5, 0.6) is 0 Å². The maximum absolute atomic E-state index is 12.7. The minimum atomic E-state index is -3.71. The monoisotopic (exact) mass is 422 g/mol. The van der Waals surface area contributed by atoms with Crippen molar-refractivity contribution < 1.29 is 13.2 Å². The van der Waals surface area contributed by atoms with Gasteiger partial charge < -0.3 is 5.32 Å². The zero-order valence-corrected chi connectivity index (χ0v) is 18.2. The molecular formula is C24H26N2O3S. The molecule has 3 rings (SSSR count). The van der Waals surface area contributed by atoms with Crippen molar-refractivity contribution in [2.45, 2.75) is 38.5 Å². The van der Waals surface area contributed by atoms with Crippen LogP contribution >= 0.6 is 0 Å². The highest BCUT2D eigenvalue weighted by molar-refractivity contribution is 7.92. The fraction of sp³-hybridized carbons (Fsp3) is 0.208. The van der Waals surface area contributed by atoms with Crippen LogP contribution in [0.15, 0.2) is 71.6 Å². The summed E-state index contributed by atoms with van der Waals surface area (Å²) in [5.74, 6) is -0.111.